The molecule has 2 aromatic carbocycles. The number of nitrogens with two attached hydrogens (primary N) is 1. The Morgan fingerprint density at radius 1 is 0.944 bits per heavy atom. The van der Waals surface area contributed by atoms with Gasteiger partial charge in [-0.3, -0.25) is 0 Å². The largest absolute Gasteiger partial charge is 0.326 e. The Morgan fingerprint density at radius 3 is 2.22 bits per heavy atom. The Kier molecular flexibility index (Phi) is 4.16. The summed E-state index contributed by atoms with van der Waals surface area (Å²) in [6.07, 6.45) is 2.35. The van der Waals surface area contributed by atoms with E-state index in [1.165, 1.54) is 34.2 Å². The van der Waals surface area contributed by atoms with Crippen LogP contribution in [0.5, 0.6) is 0 Å². The van der Waals surface area contributed by atoms with Crippen LogP contribution in [-0.2, 0) is 13.0 Å². The Balaban J connectivity index is 2.35. The van der Waals surface area contributed by atoms with E-state index in [0.717, 1.165) is 6.42 Å². The first kappa shape index (κ1) is 12.8. The molecule has 0 fully saturated rings. The first-order valence-electron chi connectivity index (χ1n) is 6.63. The Bertz CT molecular complexity index is 512. The average molecular weight is 239 g/mol. The van der Waals surface area contributed by atoms with Crippen LogP contribution in [0.15, 0.2) is 42.5 Å². The normalized spacial score (nSPS) is 10.6. The van der Waals surface area contributed by atoms with Crippen LogP contribution in [0.1, 0.15) is 30.0 Å². The second-order valence-electron chi connectivity index (χ2n) is 4.80. The second kappa shape index (κ2) is 5.83. The van der Waals surface area contributed by atoms with Crippen molar-refractivity contribution in [2.24, 2.45) is 5.73 Å². The van der Waals surface area contributed by atoms with E-state index in [0.29, 0.717) is 6.54 Å². The van der Waals surface area contributed by atoms with Crippen LogP contribution in [0.2, 0.25) is 0 Å². The monoisotopic (exact) mass is 239 g/mol. The number of hydrogen-bond donors (Lipinski definition) is 1. The quantitative estimate of drug-likeness (QED) is 0.855. The van der Waals surface area contributed by atoms with E-state index < -0.39 is 0 Å². The maximum Gasteiger partial charge on any atom is 0.0178 e. The van der Waals surface area contributed by atoms with E-state index in [4.69, 9.17) is 5.73 Å². The number of rotatable bonds is 4. The minimum atomic E-state index is 0.598. The highest BCUT2D eigenvalue weighted by molar-refractivity contribution is 5.68. The Labute approximate surface area is 110 Å². The van der Waals surface area contributed by atoms with Gasteiger partial charge in [-0.15, -0.1) is 0 Å². The molecule has 0 aliphatic rings. The maximum atomic E-state index is 5.71. The fourth-order valence-corrected chi connectivity index (χ4v) is 2.25. The van der Waals surface area contributed by atoms with Crippen molar-refractivity contribution in [2.45, 2.75) is 33.2 Å². The topological polar surface area (TPSA) is 26.0 Å². The Hall–Kier alpha value is -1.60. The molecule has 2 rings (SSSR count). The van der Waals surface area contributed by atoms with Gasteiger partial charge in [-0.25, -0.2) is 0 Å². The molecule has 1 nitrogen and oxygen atoms in total. The zero-order valence-corrected chi connectivity index (χ0v) is 11.2. The highest BCUT2D eigenvalue weighted by Crippen LogP contribution is 2.25. The molecule has 0 unspecified atom stereocenters. The molecule has 0 saturated carbocycles. The molecule has 0 aliphatic carbocycles. The van der Waals surface area contributed by atoms with E-state index >= 15 is 0 Å². The zero-order chi connectivity index (χ0) is 13.0. The maximum absolute atomic E-state index is 5.71. The molecular formula is C17H21N. The molecule has 0 radical (unpaired) electrons. The molecule has 0 saturated heterocycles. The fourth-order valence-electron chi connectivity index (χ4n) is 2.25. The minimum Gasteiger partial charge on any atom is -0.326 e. The third-order valence-corrected chi connectivity index (χ3v) is 3.34. The summed E-state index contributed by atoms with van der Waals surface area (Å²) in [5.74, 6) is 0. The summed E-state index contributed by atoms with van der Waals surface area (Å²) >= 11 is 0. The molecule has 2 N–H and O–H groups in total. The van der Waals surface area contributed by atoms with Crippen molar-refractivity contribution in [2.75, 3.05) is 0 Å². The summed E-state index contributed by atoms with van der Waals surface area (Å²) in [6.45, 7) is 4.96. The smallest absolute Gasteiger partial charge is 0.0178 e. The molecule has 0 aliphatic heterocycles. The second-order valence-corrected chi connectivity index (χ2v) is 4.80. The van der Waals surface area contributed by atoms with Gasteiger partial charge in [-0.1, -0.05) is 49.7 Å². The van der Waals surface area contributed by atoms with Crippen LogP contribution in [-0.4, -0.2) is 0 Å². The molecule has 0 spiro atoms. The molecule has 94 valence electrons. The van der Waals surface area contributed by atoms with Gasteiger partial charge in [0.25, 0.3) is 0 Å². The van der Waals surface area contributed by atoms with Crippen molar-refractivity contribution in [3.8, 4) is 11.1 Å². The van der Waals surface area contributed by atoms with Crippen molar-refractivity contribution < 1.29 is 0 Å². The van der Waals surface area contributed by atoms with Gasteiger partial charge in [0.05, 0.1) is 0 Å². The molecule has 18 heavy (non-hydrogen) atoms. The lowest BCUT2D eigenvalue weighted by atomic mass is 9.96. The van der Waals surface area contributed by atoms with E-state index in [-0.39, 0.29) is 0 Å². The fraction of sp³-hybridized carbons (Fsp3) is 0.294. The average Bonchev–Trinajstić information content (AvgIpc) is 2.41. The number of hydrogen-bond acceptors (Lipinski definition) is 1. The van der Waals surface area contributed by atoms with Crippen LogP contribution >= 0.6 is 0 Å². The van der Waals surface area contributed by atoms with Gasteiger partial charge < -0.3 is 5.73 Å². The molecule has 0 heterocycles. The minimum absolute atomic E-state index is 0.598. The van der Waals surface area contributed by atoms with Gasteiger partial charge in [-0.05, 0) is 47.2 Å². The highest BCUT2D eigenvalue weighted by Gasteiger charge is 2.03. The van der Waals surface area contributed by atoms with Crippen LogP contribution in [0, 0.1) is 6.92 Å². The van der Waals surface area contributed by atoms with Crippen LogP contribution in [0.3, 0.4) is 0 Å². The molecule has 2 aromatic rings. The summed E-state index contributed by atoms with van der Waals surface area (Å²) < 4.78 is 0. The van der Waals surface area contributed by atoms with Gasteiger partial charge in [0, 0.05) is 6.54 Å². The molecule has 0 bridgehead atoms. The SMILES string of the molecule is CCCc1ccc(-c2cc(CN)ccc2C)cc1. The zero-order valence-electron chi connectivity index (χ0n) is 11.2. The molecule has 0 aromatic heterocycles. The van der Waals surface area contributed by atoms with Gasteiger partial charge in [0.1, 0.15) is 0 Å². The van der Waals surface area contributed by atoms with Crippen LogP contribution in [0.4, 0.5) is 0 Å². The van der Waals surface area contributed by atoms with Crippen LogP contribution < -0.4 is 5.73 Å². The van der Waals surface area contributed by atoms with Crippen LogP contribution in [0.25, 0.3) is 11.1 Å². The number of aryl methyl sites for hydroxylation is 2. The highest BCUT2D eigenvalue weighted by atomic mass is 14.5. The first-order chi connectivity index (χ1) is 8.74. The van der Waals surface area contributed by atoms with Gasteiger partial charge >= 0.3 is 0 Å². The Morgan fingerprint density at radius 2 is 1.61 bits per heavy atom. The van der Waals surface area contributed by atoms with Gasteiger partial charge in [0.15, 0.2) is 0 Å². The summed E-state index contributed by atoms with van der Waals surface area (Å²) in [5.41, 5.74) is 12.2. The summed E-state index contributed by atoms with van der Waals surface area (Å²) in [6, 6.07) is 15.3. The van der Waals surface area contributed by atoms with Crippen molar-refractivity contribution in [3.63, 3.8) is 0 Å². The van der Waals surface area contributed by atoms with E-state index in [9.17, 15) is 0 Å². The first-order valence-corrected chi connectivity index (χ1v) is 6.63. The summed E-state index contributed by atoms with van der Waals surface area (Å²) in [5, 5.41) is 0. The van der Waals surface area contributed by atoms with E-state index in [1.54, 1.807) is 0 Å². The predicted octanol–water partition coefficient (Wildman–Crippen LogP) is 4.07. The predicted molar refractivity (Wildman–Crippen MR) is 78.5 cm³/mol. The van der Waals surface area contributed by atoms with E-state index in [2.05, 4.69) is 56.3 Å². The number of benzene rings is 2. The molecule has 1 heteroatoms. The lowest BCUT2D eigenvalue weighted by Gasteiger charge is -2.09. The summed E-state index contributed by atoms with van der Waals surface area (Å²) in [4.78, 5) is 0. The van der Waals surface area contributed by atoms with Gasteiger partial charge in [0.2, 0.25) is 0 Å². The van der Waals surface area contributed by atoms with Crippen molar-refractivity contribution in [1.82, 2.24) is 0 Å². The van der Waals surface area contributed by atoms with Crippen molar-refractivity contribution >= 4 is 0 Å². The third-order valence-electron chi connectivity index (χ3n) is 3.34. The van der Waals surface area contributed by atoms with Crippen molar-refractivity contribution in [3.05, 3.63) is 59.2 Å². The molecule has 0 atom stereocenters. The third kappa shape index (κ3) is 2.80. The van der Waals surface area contributed by atoms with E-state index in [1.807, 2.05) is 0 Å². The molecule has 0 amide bonds. The van der Waals surface area contributed by atoms with Crippen molar-refractivity contribution in [1.29, 1.82) is 0 Å². The lowest BCUT2D eigenvalue weighted by Crippen LogP contribution is -1.97. The van der Waals surface area contributed by atoms with Gasteiger partial charge in [-0.2, -0.15) is 0 Å². The lowest BCUT2D eigenvalue weighted by molar-refractivity contribution is 0.922. The molecular weight excluding hydrogens is 218 g/mol. The summed E-state index contributed by atoms with van der Waals surface area (Å²) in [7, 11) is 0. The standard InChI is InChI=1S/C17H21N/c1-3-4-14-7-9-16(10-8-14)17-11-15(12-18)6-5-13(17)2/h5-11H,3-4,12,18H2,1-2H3.